The Morgan fingerprint density at radius 2 is 1.67 bits per heavy atom. The smallest absolute Gasteiger partial charge is 0.124 e. The third-order valence-corrected chi connectivity index (χ3v) is 2.89. The molecule has 15 heavy (non-hydrogen) atoms. The molecule has 0 atom stereocenters. The SMILES string of the molecule is COc1cc(C(C)C)cc(Cl)c1C(C)C. The molecule has 1 rings (SSSR count). The highest BCUT2D eigenvalue weighted by atomic mass is 35.5. The van der Waals surface area contributed by atoms with Gasteiger partial charge in [-0.25, -0.2) is 0 Å². The molecule has 0 aromatic heterocycles. The molecule has 0 unspecified atom stereocenters. The van der Waals surface area contributed by atoms with Gasteiger partial charge in [-0.05, 0) is 29.5 Å². The van der Waals surface area contributed by atoms with Crippen LogP contribution in [0.15, 0.2) is 12.1 Å². The first kappa shape index (κ1) is 12.4. The Morgan fingerprint density at radius 3 is 2.07 bits per heavy atom. The molecule has 0 aliphatic carbocycles. The van der Waals surface area contributed by atoms with Crippen molar-refractivity contribution in [2.45, 2.75) is 39.5 Å². The third-order valence-electron chi connectivity index (χ3n) is 2.58. The van der Waals surface area contributed by atoms with Crippen LogP contribution in [0.5, 0.6) is 5.75 Å². The summed E-state index contributed by atoms with van der Waals surface area (Å²) in [4.78, 5) is 0. The highest BCUT2D eigenvalue weighted by Gasteiger charge is 2.14. The maximum atomic E-state index is 6.27. The van der Waals surface area contributed by atoms with Crippen LogP contribution in [0.2, 0.25) is 5.02 Å². The number of methoxy groups -OCH3 is 1. The van der Waals surface area contributed by atoms with Crippen molar-refractivity contribution in [1.29, 1.82) is 0 Å². The van der Waals surface area contributed by atoms with Crippen molar-refractivity contribution < 1.29 is 4.74 Å². The van der Waals surface area contributed by atoms with Gasteiger partial charge in [-0.2, -0.15) is 0 Å². The van der Waals surface area contributed by atoms with Crippen molar-refractivity contribution in [3.05, 3.63) is 28.3 Å². The number of hydrogen-bond acceptors (Lipinski definition) is 1. The predicted molar refractivity (Wildman–Crippen MR) is 66.2 cm³/mol. The molecule has 0 aliphatic rings. The van der Waals surface area contributed by atoms with Crippen molar-refractivity contribution in [1.82, 2.24) is 0 Å². The third kappa shape index (κ3) is 2.66. The fourth-order valence-corrected chi connectivity index (χ4v) is 2.11. The molecule has 1 nitrogen and oxygen atoms in total. The molecule has 0 spiro atoms. The zero-order valence-corrected chi connectivity index (χ0v) is 10.9. The van der Waals surface area contributed by atoms with Crippen molar-refractivity contribution in [2.75, 3.05) is 7.11 Å². The Bertz CT molecular complexity index is 343. The topological polar surface area (TPSA) is 9.23 Å². The average molecular weight is 227 g/mol. The van der Waals surface area contributed by atoms with Gasteiger partial charge in [0.05, 0.1) is 7.11 Å². The van der Waals surface area contributed by atoms with Crippen LogP contribution in [0.4, 0.5) is 0 Å². The van der Waals surface area contributed by atoms with E-state index in [1.807, 2.05) is 6.07 Å². The van der Waals surface area contributed by atoms with Gasteiger partial charge in [-0.1, -0.05) is 39.3 Å². The summed E-state index contributed by atoms with van der Waals surface area (Å²) < 4.78 is 5.39. The lowest BCUT2D eigenvalue weighted by Gasteiger charge is -2.17. The molecule has 0 aliphatic heterocycles. The molecular weight excluding hydrogens is 208 g/mol. The summed E-state index contributed by atoms with van der Waals surface area (Å²) in [5.41, 5.74) is 2.32. The van der Waals surface area contributed by atoms with Crippen LogP contribution in [0.3, 0.4) is 0 Å². The second-order valence-electron chi connectivity index (χ2n) is 4.43. The van der Waals surface area contributed by atoms with Gasteiger partial charge in [0.1, 0.15) is 5.75 Å². The summed E-state index contributed by atoms with van der Waals surface area (Å²) in [5, 5.41) is 0.813. The lowest BCUT2D eigenvalue weighted by molar-refractivity contribution is 0.407. The van der Waals surface area contributed by atoms with Gasteiger partial charge in [-0.3, -0.25) is 0 Å². The molecule has 0 N–H and O–H groups in total. The summed E-state index contributed by atoms with van der Waals surface area (Å²) in [6.07, 6.45) is 0. The summed E-state index contributed by atoms with van der Waals surface area (Å²) in [6, 6.07) is 4.13. The van der Waals surface area contributed by atoms with Crippen molar-refractivity contribution in [3.8, 4) is 5.75 Å². The van der Waals surface area contributed by atoms with E-state index in [4.69, 9.17) is 16.3 Å². The molecule has 0 bridgehead atoms. The van der Waals surface area contributed by atoms with E-state index in [2.05, 4.69) is 33.8 Å². The molecule has 1 aromatic rings. The van der Waals surface area contributed by atoms with E-state index in [0.717, 1.165) is 16.3 Å². The van der Waals surface area contributed by atoms with Crippen molar-refractivity contribution >= 4 is 11.6 Å². The van der Waals surface area contributed by atoms with Crippen LogP contribution in [0.25, 0.3) is 0 Å². The van der Waals surface area contributed by atoms with Crippen molar-refractivity contribution in [2.24, 2.45) is 0 Å². The van der Waals surface area contributed by atoms with Gasteiger partial charge in [0.2, 0.25) is 0 Å². The lowest BCUT2D eigenvalue weighted by atomic mass is 9.96. The molecular formula is C13H19ClO. The van der Waals surface area contributed by atoms with Crippen LogP contribution in [-0.2, 0) is 0 Å². The van der Waals surface area contributed by atoms with E-state index in [-0.39, 0.29) is 0 Å². The Morgan fingerprint density at radius 1 is 1.07 bits per heavy atom. The van der Waals surface area contributed by atoms with Crippen LogP contribution in [0, 0.1) is 0 Å². The molecule has 0 amide bonds. The van der Waals surface area contributed by atoms with Gasteiger partial charge in [0.25, 0.3) is 0 Å². The van der Waals surface area contributed by atoms with Gasteiger partial charge in [-0.15, -0.1) is 0 Å². The van der Waals surface area contributed by atoms with Crippen LogP contribution >= 0.6 is 11.6 Å². The number of hydrogen-bond donors (Lipinski definition) is 0. The Labute approximate surface area is 97.4 Å². The van der Waals surface area contributed by atoms with Crippen LogP contribution < -0.4 is 4.74 Å². The summed E-state index contributed by atoms with van der Waals surface area (Å²) in [6.45, 7) is 8.55. The number of benzene rings is 1. The largest absolute Gasteiger partial charge is 0.496 e. The lowest BCUT2D eigenvalue weighted by Crippen LogP contribution is -1.98. The van der Waals surface area contributed by atoms with E-state index in [1.165, 1.54) is 5.56 Å². The highest BCUT2D eigenvalue weighted by Crippen LogP contribution is 2.36. The number of ether oxygens (including phenoxy) is 1. The van der Waals surface area contributed by atoms with Crippen LogP contribution in [0.1, 0.15) is 50.7 Å². The summed E-state index contributed by atoms with van der Waals surface area (Å²) in [5.74, 6) is 1.76. The maximum absolute atomic E-state index is 6.27. The van der Waals surface area contributed by atoms with Gasteiger partial charge in [0.15, 0.2) is 0 Å². The zero-order chi connectivity index (χ0) is 11.6. The minimum Gasteiger partial charge on any atom is -0.496 e. The number of halogens is 1. The Hall–Kier alpha value is -0.690. The highest BCUT2D eigenvalue weighted by molar-refractivity contribution is 6.31. The molecule has 0 saturated carbocycles. The minimum atomic E-state index is 0.383. The fourth-order valence-electron chi connectivity index (χ4n) is 1.68. The Kier molecular flexibility index (Phi) is 4.04. The minimum absolute atomic E-state index is 0.383. The first-order valence-electron chi connectivity index (χ1n) is 5.34. The standard InChI is InChI=1S/C13H19ClO/c1-8(2)10-6-11(14)13(9(3)4)12(7-10)15-5/h6-9H,1-5H3. The predicted octanol–water partition coefficient (Wildman–Crippen LogP) is 4.60. The zero-order valence-electron chi connectivity index (χ0n) is 10.1. The summed E-state index contributed by atoms with van der Waals surface area (Å²) in [7, 11) is 1.70. The summed E-state index contributed by atoms with van der Waals surface area (Å²) >= 11 is 6.27. The molecule has 84 valence electrons. The average Bonchev–Trinajstić information content (AvgIpc) is 2.15. The second kappa shape index (κ2) is 4.89. The first-order chi connectivity index (χ1) is 6.97. The van der Waals surface area contributed by atoms with E-state index in [1.54, 1.807) is 7.11 Å². The monoisotopic (exact) mass is 226 g/mol. The van der Waals surface area contributed by atoms with Crippen LogP contribution in [-0.4, -0.2) is 7.11 Å². The Balaban J connectivity index is 3.31. The molecule has 0 radical (unpaired) electrons. The molecule has 1 aromatic carbocycles. The molecule has 2 heteroatoms. The van der Waals surface area contributed by atoms with E-state index >= 15 is 0 Å². The van der Waals surface area contributed by atoms with Gasteiger partial charge < -0.3 is 4.74 Å². The van der Waals surface area contributed by atoms with E-state index in [9.17, 15) is 0 Å². The second-order valence-corrected chi connectivity index (χ2v) is 4.84. The van der Waals surface area contributed by atoms with Gasteiger partial charge >= 0.3 is 0 Å². The van der Waals surface area contributed by atoms with E-state index < -0.39 is 0 Å². The first-order valence-corrected chi connectivity index (χ1v) is 5.72. The molecule has 0 heterocycles. The number of rotatable bonds is 3. The normalized spacial score (nSPS) is 11.2. The maximum Gasteiger partial charge on any atom is 0.124 e. The molecule has 0 saturated heterocycles. The van der Waals surface area contributed by atoms with E-state index in [0.29, 0.717) is 11.8 Å². The quantitative estimate of drug-likeness (QED) is 0.732. The molecule has 0 fully saturated rings. The van der Waals surface area contributed by atoms with Crippen molar-refractivity contribution in [3.63, 3.8) is 0 Å². The fraction of sp³-hybridized carbons (Fsp3) is 0.538. The van der Waals surface area contributed by atoms with Gasteiger partial charge in [0, 0.05) is 10.6 Å².